The summed E-state index contributed by atoms with van der Waals surface area (Å²) in [7, 11) is 0. The Kier molecular flexibility index (Phi) is 6.29. The SMILES string of the molecule is Cc1cc(Br)cc(C)c1OCC(=O)N/N=C\c1cc(O)ccc1[N+](=O)[O-]. The molecule has 0 aliphatic heterocycles. The Morgan fingerprint density at radius 1 is 1.35 bits per heavy atom. The number of rotatable bonds is 6. The largest absolute Gasteiger partial charge is 0.508 e. The molecule has 2 rings (SSSR count). The number of aryl methyl sites for hydroxylation is 2. The maximum Gasteiger partial charge on any atom is 0.278 e. The van der Waals surface area contributed by atoms with Crippen LogP contribution in [-0.4, -0.2) is 28.8 Å². The van der Waals surface area contributed by atoms with Crippen LogP contribution in [0.5, 0.6) is 11.5 Å². The van der Waals surface area contributed by atoms with E-state index in [9.17, 15) is 20.0 Å². The number of carbonyl (C=O) groups excluding carboxylic acids is 1. The molecule has 8 nitrogen and oxygen atoms in total. The van der Waals surface area contributed by atoms with Crippen molar-refractivity contribution in [3.05, 3.63) is 61.6 Å². The van der Waals surface area contributed by atoms with Gasteiger partial charge in [0.1, 0.15) is 11.5 Å². The molecular formula is C17H16BrN3O5. The second-order valence-corrected chi connectivity index (χ2v) is 6.37. The number of nitrogens with zero attached hydrogens (tertiary/aromatic N) is 2. The first-order valence-corrected chi connectivity index (χ1v) is 8.26. The van der Waals surface area contributed by atoms with Crippen molar-refractivity contribution in [3.8, 4) is 11.5 Å². The first-order valence-electron chi connectivity index (χ1n) is 7.47. The summed E-state index contributed by atoms with van der Waals surface area (Å²) in [5, 5.41) is 24.0. The van der Waals surface area contributed by atoms with Gasteiger partial charge in [-0.3, -0.25) is 14.9 Å². The summed E-state index contributed by atoms with van der Waals surface area (Å²) in [6.07, 6.45) is 1.09. The van der Waals surface area contributed by atoms with Gasteiger partial charge in [0, 0.05) is 10.5 Å². The van der Waals surface area contributed by atoms with Gasteiger partial charge < -0.3 is 9.84 Å². The smallest absolute Gasteiger partial charge is 0.278 e. The van der Waals surface area contributed by atoms with Crippen LogP contribution in [0.2, 0.25) is 0 Å². The average molecular weight is 422 g/mol. The zero-order chi connectivity index (χ0) is 19.3. The quantitative estimate of drug-likeness (QED) is 0.422. The van der Waals surface area contributed by atoms with Crippen LogP contribution >= 0.6 is 15.9 Å². The van der Waals surface area contributed by atoms with Crippen molar-refractivity contribution in [2.75, 3.05) is 6.61 Å². The zero-order valence-electron chi connectivity index (χ0n) is 14.0. The second-order valence-electron chi connectivity index (χ2n) is 5.45. The van der Waals surface area contributed by atoms with Crippen LogP contribution in [0, 0.1) is 24.0 Å². The van der Waals surface area contributed by atoms with Crippen molar-refractivity contribution in [1.82, 2.24) is 5.43 Å². The lowest BCUT2D eigenvalue weighted by Crippen LogP contribution is -2.25. The number of carbonyl (C=O) groups is 1. The molecule has 2 aromatic rings. The molecule has 2 N–H and O–H groups in total. The minimum absolute atomic E-state index is 0.0656. The Morgan fingerprint density at radius 3 is 2.62 bits per heavy atom. The summed E-state index contributed by atoms with van der Waals surface area (Å²) in [5.74, 6) is -0.0605. The van der Waals surface area contributed by atoms with Crippen molar-refractivity contribution in [2.24, 2.45) is 5.10 Å². The topological polar surface area (TPSA) is 114 Å². The number of hydrogen-bond donors (Lipinski definition) is 2. The standard InChI is InChI=1S/C17H16BrN3O5/c1-10-5-13(18)6-11(2)17(10)26-9-16(23)20-19-8-12-7-14(22)3-4-15(12)21(24)25/h3-8,22H,9H2,1-2H3,(H,20,23)/b19-8-. The van der Waals surface area contributed by atoms with Crippen LogP contribution in [0.25, 0.3) is 0 Å². The molecule has 0 fully saturated rings. The molecule has 0 aliphatic rings. The fourth-order valence-corrected chi connectivity index (χ4v) is 2.97. The molecule has 0 radical (unpaired) electrons. The van der Waals surface area contributed by atoms with Gasteiger partial charge in [-0.2, -0.15) is 5.10 Å². The van der Waals surface area contributed by atoms with Crippen LogP contribution in [0.1, 0.15) is 16.7 Å². The Hall–Kier alpha value is -2.94. The molecule has 2 aromatic carbocycles. The first kappa shape index (κ1) is 19.4. The molecule has 0 spiro atoms. The minimum atomic E-state index is -0.606. The molecule has 136 valence electrons. The molecule has 26 heavy (non-hydrogen) atoms. The summed E-state index contributed by atoms with van der Waals surface area (Å²) in [6.45, 7) is 3.47. The highest BCUT2D eigenvalue weighted by Crippen LogP contribution is 2.27. The number of nitro benzene ring substituents is 1. The summed E-state index contributed by atoms with van der Waals surface area (Å²) in [4.78, 5) is 22.2. The van der Waals surface area contributed by atoms with Gasteiger partial charge in [-0.25, -0.2) is 5.43 Å². The van der Waals surface area contributed by atoms with Crippen molar-refractivity contribution >= 4 is 33.7 Å². The molecule has 0 saturated heterocycles. The van der Waals surface area contributed by atoms with E-state index < -0.39 is 10.8 Å². The van der Waals surface area contributed by atoms with E-state index >= 15 is 0 Å². The fourth-order valence-electron chi connectivity index (χ4n) is 2.28. The number of aromatic hydroxyl groups is 1. The van der Waals surface area contributed by atoms with Crippen molar-refractivity contribution in [1.29, 1.82) is 0 Å². The fraction of sp³-hybridized carbons (Fsp3) is 0.176. The molecule has 0 bridgehead atoms. The zero-order valence-corrected chi connectivity index (χ0v) is 15.6. The van der Waals surface area contributed by atoms with Crippen LogP contribution < -0.4 is 10.2 Å². The number of nitro groups is 1. The summed E-state index contributed by atoms with van der Waals surface area (Å²) < 4.78 is 6.43. The third-order valence-electron chi connectivity index (χ3n) is 3.37. The molecule has 0 unspecified atom stereocenters. The Labute approximate surface area is 157 Å². The highest BCUT2D eigenvalue weighted by atomic mass is 79.9. The van der Waals surface area contributed by atoms with Gasteiger partial charge in [-0.05, 0) is 49.2 Å². The lowest BCUT2D eigenvalue weighted by atomic mass is 10.1. The van der Waals surface area contributed by atoms with Gasteiger partial charge in [0.15, 0.2) is 6.61 Å². The van der Waals surface area contributed by atoms with E-state index in [0.29, 0.717) is 5.75 Å². The lowest BCUT2D eigenvalue weighted by molar-refractivity contribution is -0.385. The van der Waals surface area contributed by atoms with Gasteiger partial charge in [0.2, 0.25) is 0 Å². The molecular weight excluding hydrogens is 406 g/mol. The number of phenols is 1. The van der Waals surface area contributed by atoms with Gasteiger partial charge in [-0.15, -0.1) is 0 Å². The Morgan fingerprint density at radius 2 is 2.00 bits per heavy atom. The Balaban J connectivity index is 1.99. The number of hydrogen-bond acceptors (Lipinski definition) is 6. The highest BCUT2D eigenvalue weighted by Gasteiger charge is 2.13. The number of hydrazone groups is 1. The van der Waals surface area contributed by atoms with E-state index in [4.69, 9.17) is 4.74 Å². The van der Waals surface area contributed by atoms with Crippen molar-refractivity contribution in [2.45, 2.75) is 13.8 Å². The van der Waals surface area contributed by atoms with Gasteiger partial charge in [0.25, 0.3) is 11.6 Å². The molecule has 0 aromatic heterocycles. The van der Waals surface area contributed by atoms with E-state index in [2.05, 4.69) is 26.5 Å². The van der Waals surface area contributed by atoms with Crippen LogP contribution in [0.3, 0.4) is 0 Å². The van der Waals surface area contributed by atoms with Gasteiger partial charge in [0.05, 0.1) is 16.7 Å². The molecule has 0 saturated carbocycles. The van der Waals surface area contributed by atoms with E-state index in [1.165, 1.54) is 12.1 Å². The predicted molar refractivity (Wildman–Crippen MR) is 99.6 cm³/mol. The number of benzene rings is 2. The average Bonchev–Trinajstić information content (AvgIpc) is 2.53. The number of halogens is 1. The van der Waals surface area contributed by atoms with Gasteiger partial charge >= 0.3 is 0 Å². The number of amides is 1. The minimum Gasteiger partial charge on any atom is -0.508 e. The van der Waals surface area contributed by atoms with Crippen molar-refractivity contribution < 1.29 is 19.6 Å². The lowest BCUT2D eigenvalue weighted by Gasteiger charge is -2.11. The first-order chi connectivity index (χ1) is 12.3. The molecule has 1 amide bonds. The predicted octanol–water partition coefficient (Wildman–Crippen LogP) is 3.21. The highest BCUT2D eigenvalue weighted by molar-refractivity contribution is 9.10. The monoisotopic (exact) mass is 421 g/mol. The normalized spacial score (nSPS) is 10.7. The number of phenolic OH excluding ortho intramolecular Hbond substituents is 1. The third kappa shape index (κ3) is 5.03. The maximum absolute atomic E-state index is 11.8. The molecule has 0 heterocycles. The van der Waals surface area contributed by atoms with E-state index in [0.717, 1.165) is 27.9 Å². The van der Waals surface area contributed by atoms with Gasteiger partial charge in [-0.1, -0.05) is 15.9 Å². The molecule has 9 heteroatoms. The number of ether oxygens (including phenoxy) is 1. The van der Waals surface area contributed by atoms with E-state index in [1.807, 2.05) is 26.0 Å². The van der Waals surface area contributed by atoms with Crippen molar-refractivity contribution in [3.63, 3.8) is 0 Å². The maximum atomic E-state index is 11.8. The van der Waals surface area contributed by atoms with E-state index in [1.54, 1.807) is 0 Å². The van der Waals surface area contributed by atoms with Crippen LogP contribution in [-0.2, 0) is 4.79 Å². The van der Waals surface area contributed by atoms with Crippen LogP contribution in [0.4, 0.5) is 5.69 Å². The summed E-state index contributed by atoms with van der Waals surface area (Å²) in [5.41, 5.74) is 3.81. The number of nitrogens with one attached hydrogen (secondary N) is 1. The molecule has 0 atom stereocenters. The second kappa shape index (κ2) is 8.43. The summed E-state index contributed by atoms with van der Waals surface area (Å²) in [6, 6.07) is 7.28. The van der Waals surface area contributed by atoms with E-state index in [-0.39, 0.29) is 23.6 Å². The van der Waals surface area contributed by atoms with Crippen LogP contribution in [0.15, 0.2) is 39.9 Å². The Bertz CT molecular complexity index is 860. The third-order valence-corrected chi connectivity index (χ3v) is 3.83. The molecule has 0 aliphatic carbocycles. The summed E-state index contributed by atoms with van der Waals surface area (Å²) >= 11 is 3.38.